The van der Waals surface area contributed by atoms with Crippen LogP contribution in [0.1, 0.15) is 44.9 Å². The van der Waals surface area contributed by atoms with Gasteiger partial charge in [-0.1, -0.05) is 0 Å². The van der Waals surface area contributed by atoms with E-state index in [4.69, 9.17) is 0 Å². The number of carbonyl (C=O) groups is 1. The Morgan fingerprint density at radius 3 is 2.00 bits per heavy atom. The molecule has 0 aromatic rings. The van der Waals surface area contributed by atoms with Gasteiger partial charge in [-0.15, -0.1) is 0 Å². The first-order valence-electron chi connectivity index (χ1n) is 5.72. The minimum absolute atomic E-state index is 0.124. The fraction of sp³-hybridized carbons (Fsp3) is 0.909. The summed E-state index contributed by atoms with van der Waals surface area (Å²) in [5.41, 5.74) is 0. The topological polar surface area (TPSA) is 40.5 Å². The predicted octanol–water partition coefficient (Wildman–Crippen LogP) is 1.30. The molecule has 3 nitrogen and oxygen atoms in total. The molecule has 2 fully saturated rings. The SMILES string of the molecule is O=CN(C1CCC1)C1CCC(O)CC1. The van der Waals surface area contributed by atoms with Gasteiger partial charge in [0.25, 0.3) is 0 Å². The van der Waals surface area contributed by atoms with Crippen molar-refractivity contribution in [1.29, 1.82) is 0 Å². The van der Waals surface area contributed by atoms with Crippen LogP contribution in [-0.2, 0) is 4.79 Å². The van der Waals surface area contributed by atoms with Crippen LogP contribution >= 0.6 is 0 Å². The molecule has 1 amide bonds. The molecule has 0 unspecified atom stereocenters. The zero-order valence-electron chi connectivity index (χ0n) is 8.56. The average Bonchev–Trinajstić information content (AvgIpc) is 2.13. The van der Waals surface area contributed by atoms with E-state index < -0.39 is 0 Å². The standard InChI is InChI=1S/C11H19NO2/c13-8-12(9-2-1-3-9)10-4-6-11(14)7-5-10/h8-11,14H,1-7H2. The van der Waals surface area contributed by atoms with Gasteiger partial charge in [0.15, 0.2) is 0 Å². The van der Waals surface area contributed by atoms with Crippen LogP contribution in [0, 0.1) is 0 Å². The number of hydrogen-bond donors (Lipinski definition) is 1. The normalized spacial score (nSPS) is 33.5. The molecule has 2 saturated carbocycles. The summed E-state index contributed by atoms with van der Waals surface area (Å²) in [7, 11) is 0. The molecule has 3 heteroatoms. The first kappa shape index (κ1) is 9.97. The third-order valence-electron chi connectivity index (χ3n) is 3.71. The van der Waals surface area contributed by atoms with Crippen LogP contribution < -0.4 is 0 Å². The molecule has 0 spiro atoms. The zero-order valence-corrected chi connectivity index (χ0v) is 8.56. The summed E-state index contributed by atoms with van der Waals surface area (Å²) in [5.74, 6) is 0. The summed E-state index contributed by atoms with van der Waals surface area (Å²) >= 11 is 0. The van der Waals surface area contributed by atoms with Crippen molar-refractivity contribution in [3.8, 4) is 0 Å². The second kappa shape index (κ2) is 4.30. The highest BCUT2D eigenvalue weighted by atomic mass is 16.3. The number of carbonyl (C=O) groups excluding carboxylic acids is 1. The van der Waals surface area contributed by atoms with E-state index in [1.165, 1.54) is 19.3 Å². The summed E-state index contributed by atoms with van der Waals surface area (Å²) in [6.45, 7) is 0. The summed E-state index contributed by atoms with van der Waals surface area (Å²) in [6.07, 6.45) is 8.21. The van der Waals surface area contributed by atoms with Gasteiger partial charge in [-0.05, 0) is 44.9 Å². The molecule has 2 rings (SSSR count). The molecule has 0 radical (unpaired) electrons. The van der Waals surface area contributed by atoms with E-state index >= 15 is 0 Å². The first-order valence-corrected chi connectivity index (χ1v) is 5.72. The van der Waals surface area contributed by atoms with Gasteiger partial charge >= 0.3 is 0 Å². The average molecular weight is 197 g/mol. The maximum absolute atomic E-state index is 11.0. The van der Waals surface area contributed by atoms with Crippen molar-refractivity contribution in [2.24, 2.45) is 0 Å². The van der Waals surface area contributed by atoms with Crippen LogP contribution in [0.15, 0.2) is 0 Å². The Bertz CT molecular complexity index is 195. The molecular weight excluding hydrogens is 178 g/mol. The molecule has 2 aliphatic rings. The number of nitrogens with zero attached hydrogens (tertiary/aromatic N) is 1. The predicted molar refractivity (Wildman–Crippen MR) is 53.8 cm³/mol. The Labute approximate surface area is 85.1 Å². The highest BCUT2D eigenvalue weighted by Crippen LogP contribution is 2.30. The molecule has 1 N–H and O–H groups in total. The van der Waals surface area contributed by atoms with Crippen LogP contribution in [0.5, 0.6) is 0 Å². The van der Waals surface area contributed by atoms with Gasteiger partial charge in [0, 0.05) is 12.1 Å². The number of rotatable bonds is 3. The van der Waals surface area contributed by atoms with Gasteiger partial charge in [0.1, 0.15) is 0 Å². The Morgan fingerprint density at radius 1 is 1.00 bits per heavy atom. The number of aliphatic hydroxyl groups excluding tert-OH is 1. The van der Waals surface area contributed by atoms with Crippen molar-refractivity contribution < 1.29 is 9.90 Å². The maximum Gasteiger partial charge on any atom is 0.210 e. The van der Waals surface area contributed by atoms with Crippen LogP contribution in [-0.4, -0.2) is 34.6 Å². The lowest BCUT2D eigenvalue weighted by Crippen LogP contribution is -2.47. The van der Waals surface area contributed by atoms with Crippen LogP contribution in [0.4, 0.5) is 0 Å². The van der Waals surface area contributed by atoms with E-state index in [-0.39, 0.29) is 6.10 Å². The van der Waals surface area contributed by atoms with Crippen molar-refractivity contribution in [3.63, 3.8) is 0 Å². The third kappa shape index (κ3) is 1.92. The van der Waals surface area contributed by atoms with Gasteiger partial charge in [-0.25, -0.2) is 0 Å². The van der Waals surface area contributed by atoms with Crippen LogP contribution in [0.3, 0.4) is 0 Å². The van der Waals surface area contributed by atoms with Crippen LogP contribution in [0.25, 0.3) is 0 Å². The summed E-state index contributed by atoms with van der Waals surface area (Å²) in [5, 5.41) is 9.38. The molecule has 0 bridgehead atoms. The second-order valence-corrected chi connectivity index (χ2v) is 4.60. The smallest absolute Gasteiger partial charge is 0.210 e. The monoisotopic (exact) mass is 197 g/mol. The second-order valence-electron chi connectivity index (χ2n) is 4.60. The van der Waals surface area contributed by atoms with E-state index in [0.717, 1.165) is 32.1 Å². The molecule has 0 aliphatic heterocycles. The quantitative estimate of drug-likeness (QED) is 0.693. The highest BCUT2D eigenvalue weighted by molar-refractivity contribution is 5.48. The zero-order chi connectivity index (χ0) is 9.97. The Hall–Kier alpha value is -0.570. The number of hydrogen-bond acceptors (Lipinski definition) is 2. The first-order chi connectivity index (χ1) is 6.81. The summed E-state index contributed by atoms with van der Waals surface area (Å²) < 4.78 is 0. The molecule has 0 aromatic heterocycles. The largest absolute Gasteiger partial charge is 0.393 e. The minimum Gasteiger partial charge on any atom is -0.393 e. The maximum atomic E-state index is 11.0. The van der Waals surface area contributed by atoms with Crippen molar-refractivity contribution >= 4 is 6.41 Å². The fourth-order valence-electron chi connectivity index (χ4n) is 2.51. The number of aliphatic hydroxyl groups is 1. The lowest BCUT2D eigenvalue weighted by Gasteiger charge is -2.42. The van der Waals surface area contributed by atoms with Crippen molar-refractivity contribution in [1.82, 2.24) is 4.90 Å². The lowest BCUT2D eigenvalue weighted by molar-refractivity contribution is -0.126. The molecular formula is C11H19NO2. The van der Waals surface area contributed by atoms with Gasteiger partial charge in [-0.3, -0.25) is 4.79 Å². The Kier molecular flexibility index (Phi) is 3.06. The Balaban J connectivity index is 1.88. The van der Waals surface area contributed by atoms with Gasteiger partial charge in [0.05, 0.1) is 6.10 Å². The number of amides is 1. The van der Waals surface area contributed by atoms with E-state index in [1.54, 1.807) is 0 Å². The summed E-state index contributed by atoms with van der Waals surface area (Å²) in [6, 6.07) is 0.911. The van der Waals surface area contributed by atoms with Gasteiger partial charge < -0.3 is 10.0 Å². The Morgan fingerprint density at radius 2 is 1.57 bits per heavy atom. The molecule has 2 aliphatic carbocycles. The molecule has 0 saturated heterocycles. The molecule has 80 valence electrons. The third-order valence-corrected chi connectivity index (χ3v) is 3.71. The minimum atomic E-state index is -0.124. The van der Waals surface area contributed by atoms with Crippen molar-refractivity contribution in [3.05, 3.63) is 0 Å². The van der Waals surface area contributed by atoms with E-state index in [9.17, 15) is 9.90 Å². The van der Waals surface area contributed by atoms with E-state index in [0.29, 0.717) is 12.1 Å². The molecule has 0 aromatic carbocycles. The van der Waals surface area contributed by atoms with Gasteiger partial charge in [-0.2, -0.15) is 0 Å². The lowest BCUT2D eigenvalue weighted by atomic mass is 9.86. The molecule has 0 atom stereocenters. The van der Waals surface area contributed by atoms with E-state index in [1.807, 2.05) is 4.90 Å². The van der Waals surface area contributed by atoms with Crippen LogP contribution in [0.2, 0.25) is 0 Å². The van der Waals surface area contributed by atoms with Crippen molar-refractivity contribution in [2.45, 2.75) is 63.1 Å². The van der Waals surface area contributed by atoms with E-state index in [2.05, 4.69) is 0 Å². The molecule has 14 heavy (non-hydrogen) atoms. The fourth-order valence-corrected chi connectivity index (χ4v) is 2.51. The van der Waals surface area contributed by atoms with Crippen molar-refractivity contribution in [2.75, 3.05) is 0 Å². The highest BCUT2D eigenvalue weighted by Gasteiger charge is 2.31. The summed E-state index contributed by atoms with van der Waals surface area (Å²) in [4.78, 5) is 13.0. The molecule has 0 heterocycles. The van der Waals surface area contributed by atoms with Gasteiger partial charge in [0.2, 0.25) is 6.41 Å².